The number of hydrogen-bond donors (Lipinski definition) is 4. The average molecular weight is 418 g/mol. The van der Waals surface area contributed by atoms with Gasteiger partial charge in [0.05, 0.1) is 30.1 Å². The minimum atomic E-state index is -4.02. The lowest BCUT2D eigenvalue weighted by Crippen LogP contribution is -2.47. The van der Waals surface area contributed by atoms with Crippen molar-refractivity contribution in [3.8, 4) is 6.07 Å². The van der Waals surface area contributed by atoms with E-state index in [0.717, 1.165) is 5.56 Å². The molecule has 1 aromatic carbocycles. The van der Waals surface area contributed by atoms with E-state index in [-0.39, 0.29) is 17.9 Å². The maximum atomic E-state index is 11.9. The number of aryl methyl sites for hydroxylation is 1. The number of ketones is 2. The highest BCUT2D eigenvalue weighted by Gasteiger charge is 2.50. The molecule has 1 fully saturated rings. The molecule has 0 unspecified atom stereocenters. The second-order valence-corrected chi connectivity index (χ2v) is 7.53. The van der Waals surface area contributed by atoms with Crippen molar-refractivity contribution in [1.29, 1.82) is 5.26 Å². The summed E-state index contributed by atoms with van der Waals surface area (Å²) >= 11 is 0. The molecular formula is C16H20F2N4O5S. The Morgan fingerprint density at radius 3 is 2.11 bits per heavy atom. The Balaban J connectivity index is 0.000000307. The maximum absolute atomic E-state index is 11.9. The third-order valence-electron chi connectivity index (χ3n) is 4.20. The number of nitriles is 1. The van der Waals surface area contributed by atoms with Gasteiger partial charge >= 0.3 is 0 Å². The molecule has 154 valence electrons. The highest BCUT2D eigenvalue weighted by molar-refractivity contribution is 7.85. The first-order chi connectivity index (χ1) is 13.1. The fourth-order valence-corrected chi connectivity index (χ4v) is 3.11. The third-order valence-corrected chi connectivity index (χ3v) is 5.07. The molecule has 0 spiro atoms. The first-order valence-corrected chi connectivity index (χ1v) is 9.45. The molecule has 28 heavy (non-hydrogen) atoms. The Hall–Kier alpha value is -2.30. The molecule has 12 heteroatoms. The summed E-state index contributed by atoms with van der Waals surface area (Å²) in [6.45, 7) is 0.482. The monoisotopic (exact) mass is 418 g/mol. The van der Waals surface area contributed by atoms with Crippen LogP contribution in [0.25, 0.3) is 0 Å². The number of benzene rings is 1. The van der Waals surface area contributed by atoms with E-state index in [2.05, 4.69) is 5.32 Å². The van der Waals surface area contributed by atoms with Gasteiger partial charge in [0.2, 0.25) is 0 Å². The number of halogens is 2. The van der Waals surface area contributed by atoms with Crippen LogP contribution in [-0.2, 0) is 19.7 Å². The van der Waals surface area contributed by atoms with Gasteiger partial charge in [0, 0.05) is 6.54 Å². The van der Waals surface area contributed by atoms with Crippen molar-refractivity contribution in [1.82, 2.24) is 16.4 Å². The van der Waals surface area contributed by atoms with Crippen molar-refractivity contribution in [2.24, 2.45) is 5.41 Å². The van der Waals surface area contributed by atoms with Gasteiger partial charge in [-0.3, -0.25) is 14.1 Å². The van der Waals surface area contributed by atoms with Gasteiger partial charge < -0.3 is 5.32 Å². The Bertz CT molecular complexity index is 822. The molecule has 0 aromatic heterocycles. The Morgan fingerprint density at radius 1 is 1.25 bits per heavy atom. The molecule has 0 aliphatic carbocycles. The van der Waals surface area contributed by atoms with Crippen molar-refractivity contribution < 1.29 is 31.5 Å². The van der Waals surface area contributed by atoms with E-state index in [0.29, 0.717) is 0 Å². The first kappa shape index (κ1) is 23.7. The number of nitrogens with zero attached hydrogens (tertiary/aromatic N) is 1. The van der Waals surface area contributed by atoms with Crippen LogP contribution in [-0.4, -0.2) is 50.2 Å². The van der Waals surface area contributed by atoms with E-state index in [1.54, 1.807) is 12.1 Å². The van der Waals surface area contributed by atoms with Crippen molar-refractivity contribution in [2.45, 2.75) is 24.3 Å². The summed E-state index contributed by atoms with van der Waals surface area (Å²) in [5.41, 5.74) is 1.77. The summed E-state index contributed by atoms with van der Waals surface area (Å²) in [5, 5.41) is 11.4. The normalized spacial score (nSPS) is 17.9. The minimum absolute atomic E-state index is 0.0650. The second kappa shape index (κ2) is 10.3. The number of carbonyl (C=O) groups is 2. The van der Waals surface area contributed by atoms with Crippen LogP contribution in [0, 0.1) is 23.7 Å². The van der Waals surface area contributed by atoms with Crippen LogP contribution in [0.1, 0.15) is 12.0 Å². The number of nitrogens with one attached hydrogen (secondary N) is 3. The van der Waals surface area contributed by atoms with Crippen LogP contribution < -0.4 is 16.4 Å². The minimum Gasteiger partial charge on any atom is -0.300 e. The van der Waals surface area contributed by atoms with E-state index in [1.165, 1.54) is 23.2 Å². The van der Waals surface area contributed by atoms with Gasteiger partial charge in [-0.05, 0) is 25.5 Å². The van der Waals surface area contributed by atoms with Crippen LogP contribution in [0.15, 0.2) is 29.2 Å². The fraction of sp³-hybridized carbons (Fsp3) is 0.438. The number of hydrogen-bond acceptors (Lipinski definition) is 8. The zero-order chi connectivity index (χ0) is 21.4. The quantitative estimate of drug-likeness (QED) is 0.276. The van der Waals surface area contributed by atoms with E-state index in [1.807, 2.05) is 13.0 Å². The first-order valence-electron chi connectivity index (χ1n) is 8.01. The summed E-state index contributed by atoms with van der Waals surface area (Å²) in [6, 6.07) is 7.19. The van der Waals surface area contributed by atoms with E-state index < -0.39 is 46.2 Å². The van der Waals surface area contributed by atoms with Gasteiger partial charge in [-0.1, -0.05) is 17.7 Å². The van der Waals surface area contributed by atoms with Gasteiger partial charge in [-0.25, -0.2) is 0 Å². The topological polar surface area (TPSA) is 148 Å². The summed E-state index contributed by atoms with van der Waals surface area (Å²) < 4.78 is 53.4. The molecule has 0 radical (unpaired) electrons. The summed E-state index contributed by atoms with van der Waals surface area (Å²) in [5.74, 6) is -1.38. The molecule has 1 aromatic rings. The van der Waals surface area contributed by atoms with E-state index >= 15 is 0 Å². The number of Topliss-reactive ketones (excluding diaryl/α,β-unsaturated/α-hetero) is 2. The summed E-state index contributed by atoms with van der Waals surface area (Å²) in [7, 11) is -4.02. The predicted molar refractivity (Wildman–Crippen MR) is 93.7 cm³/mol. The van der Waals surface area contributed by atoms with Crippen LogP contribution in [0.3, 0.4) is 0 Å². The standard InChI is InChI=1S/C9H12F2N4O2.C7H8O3S/c10-14-3-7(16)9(8(17)4-15-11)1-6(2-12)13-5-9;1-6-2-4-7(5-3-6)11(8,9)10/h6,13-15H,1,3-5H2;2-5H,1H3,(H,8,9,10)/t6-;/m0./s1. The van der Waals surface area contributed by atoms with Crippen LogP contribution >= 0.6 is 0 Å². The lowest BCUT2D eigenvalue weighted by Gasteiger charge is -2.23. The van der Waals surface area contributed by atoms with Gasteiger partial charge in [0.25, 0.3) is 10.1 Å². The second-order valence-electron chi connectivity index (χ2n) is 6.10. The molecule has 4 N–H and O–H groups in total. The SMILES string of the molecule is Cc1ccc(S(=O)(=O)O)cc1.N#C[C@@H]1CC(C(=O)CNF)(C(=O)CNF)CN1. The molecule has 9 nitrogen and oxygen atoms in total. The molecule has 2 rings (SSSR count). The number of carbonyl (C=O) groups excluding carboxylic acids is 2. The fourth-order valence-electron chi connectivity index (χ4n) is 2.63. The number of rotatable bonds is 7. The molecule has 1 heterocycles. The highest BCUT2D eigenvalue weighted by Crippen LogP contribution is 2.31. The Kier molecular flexibility index (Phi) is 8.73. The molecular weight excluding hydrogens is 398 g/mol. The highest BCUT2D eigenvalue weighted by atomic mass is 32.2. The third kappa shape index (κ3) is 6.11. The average Bonchev–Trinajstić information content (AvgIpc) is 3.08. The summed E-state index contributed by atoms with van der Waals surface area (Å²) in [4.78, 5) is 23.4. The summed E-state index contributed by atoms with van der Waals surface area (Å²) in [6.07, 6.45) is -0.0650. The molecule has 0 bridgehead atoms. The molecule has 0 saturated carbocycles. The lowest BCUT2D eigenvalue weighted by molar-refractivity contribution is -0.139. The van der Waals surface area contributed by atoms with Crippen molar-refractivity contribution in [3.63, 3.8) is 0 Å². The zero-order valence-corrected chi connectivity index (χ0v) is 15.7. The van der Waals surface area contributed by atoms with Gasteiger partial charge in [-0.15, -0.1) is 8.96 Å². The van der Waals surface area contributed by atoms with E-state index in [4.69, 9.17) is 9.81 Å². The lowest BCUT2D eigenvalue weighted by atomic mass is 9.77. The smallest absolute Gasteiger partial charge is 0.294 e. The largest absolute Gasteiger partial charge is 0.300 e. The van der Waals surface area contributed by atoms with E-state index in [9.17, 15) is 27.0 Å². The van der Waals surface area contributed by atoms with Crippen molar-refractivity contribution in [3.05, 3.63) is 29.8 Å². The zero-order valence-electron chi connectivity index (χ0n) is 14.9. The Labute approximate surface area is 160 Å². The molecule has 1 atom stereocenters. The van der Waals surface area contributed by atoms with Gasteiger partial charge in [0.1, 0.15) is 5.41 Å². The van der Waals surface area contributed by atoms with Crippen molar-refractivity contribution in [2.75, 3.05) is 19.6 Å². The van der Waals surface area contributed by atoms with Crippen LogP contribution in [0.4, 0.5) is 8.96 Å². The van der Waals surface area contributed by atoms with Crippen molar-refractivity contribution >= 4 is 21.7 Å². The molecule has 1 saturated heterocycles. The molecule has 1 aliphatic rings. The van der Waals surface area contributed by atoms with Crippen LogP contribution in [0.2, 0.25) is 0 Å². The molecule has 1 aliphatic heterocycles. The van der Waals surface area contributed by atoms with Gasteiger partial charge in [-0.2, -0.15) is 24.8 Å². The Morgan fingerprint density at radius 2 is 1.75 bits per heavy atom. The predicted octanol–water partition coefficient (Wildman–Crippen LogP) is 0.186. The van der Waals surface area contributed by atoms with Crippen LogP contribution in [0.5, 0.6) is 0 Å². The van der Waals surface area contributed by atoms with Gasteiger partial charge in [0.15, 0.2) is 11.6 Å². The maximum Gasteiger partial charge on any atom is 0.294 e. The molecule has 0 amide bonds.